The van der Waals surface area contributed by atoms with Gasteiger partial charge in [-0.3, -0.25) is 4.90 Å². The lowest BCUT2D eigenvalue weighted by Gasteiger charge is -2.21. The van der Waals surface area contributed by atoms with Crippen LogP contribution in [0.2, 0.25) is 0 Å². The zero-order chi connectivity index (χ0) is 23.9. The van der Waals surface area contributed by atoms with Gasteiger partial charge >= 0.3 is 6.09 Å². The maximum atomic E-state index is 15.2. The van der Waals surface area contributed by atoms with Gasteiger partial charge in [-0.1, -0.05) is 42.5 Å². The van der Waals surface area contributed by atoms with Crippen LogP contribution < -0.4 is 15.0 Å². The molecule has 0 fully saturated rings. The Morgan fingerprint density at radius 3 is 2.63 bits per heavy atom. The molecule has 0 saturated carbocycles. The molecule has 172 valence electrons. The Hall–Kier alpha value is -4.65. The number of nitrogens with one attached hydrogen (secondary N) is 2. The van der Waals surface area contributed by atoms with Crippen molar-refractivity contribution in [2.45, 2.75) is 6.04 Å². The first-order valence-corrected chi connectivity index (χ1v) is 11.2. The summed E-state index contributed by atoms with van der Waals surface area (Å²) in [5.74, 6) is -0.744. The highest BCUT2D eigenvalue weighted by Gasteiger charge is 2.27. The fourth-order valence-electron chi connectivity index (χ4n) is 4.57. The number of anilines is 2. The van der Waals surface area contributed by atoms with E-state index in [9.17, 15) is 4.79 Å². The fraction of sp³-hybridized carbons (Fsp3) is 0.0714. The number of pyridine rings is 1. The van der Waals surface area contributed by atoms with Gasteiger partial charge in [0, 0.05) is 47.3 Å². The minimum atomic E-state index is -0.670. The van der Waals surface area contributed by atoms with Crippen molar-refractivity contribution in [2.24, 2.45) is 0 Å². The molecule has 3 heterocycles. The zero-order valence-corrected chi connectivity index (χ0v) is 18.8. The minimum absolute atomic E-state index is 0.128. The van der Waals surface area contributed by atoms with Crippen LogP contribution in [0, 0.1) is 5.82 Å². The molecule has 5 aromatic rings. The number of benzene rings is 3. The number of carbonyl (C=O) groups is 1. The number of fused-ring (bicyclic) bond motifs is 2. The molecule has 6 nitrogen and oxygen atoms in total. The quantitative estimate of drug-likeness (QED) is 0.319. The Morgan fingerprint density at radius 2 is 1.80 bits per heavy atom. The molecule has 0 saturated heterocycles. The fourth-order valence-corrected chi connectivity index (χ4v) is 4.57. The number of amides is 1. The van der Waals surface area contributed by atoms with Gasteiger partial charge < -0.3 is 15.0 Å². The zero-order valence-electron chi connectivity index (χ0n) is 18.8. The second-order valence-corrected chi connectivity index (χ2v) is 8.40. The van der Waals surface area contributed by atoms with E-state index in [0.29, 0.717) is 11.3 Å². The van der Waals surface area contributed by atoms with Crippen LogP contribution in [0.15, 0.2) is 91.3 Å². The van der Waals surface area contributed by atoms with Gasteiger partial charge in [0.25, 0.3) is 0 Å². The molecule has 6 rings (SSSR count). The molecule has 0 radical (unpaired) electrons. The van der Waals surface area contributed by atoms with Crippen LogP contribution in [-0.2, 0) is 0 Å². The van der Waals surface area contributed by atoms with Crippen LogP contribution >= 0.6 is 0 Å². The molecule has 2 N–H and O–H groups in total. The first kappa shape index (κ1) is 20.9. The van der Waals surface area contributed by atoms with Crippen LogP contribution in [0.4, 0.5) is 20.6 Å². The van der Waals surface area contributed by atoms with E-state index in [1.54, 1.807) is 31.4 Å². The summed E-state index contributed by atoms with van der Waals surface area (Å²) >= 11 is 0. The van der Waals surface area contributed by atoms with Crippen molar-refractivity contribution < 1.29 is 13.9 Å². The Balaban J connectivity index is 1.36. The molecule has 1 amide bonds. The molecule has 7 heteroatoms. The van der Waals surface area contributed by atoms with Gasteiger partial charge in [0.2, 0.25) is 0 Å². The van der Waals surface area contributed by atoms with Gasteiger partial charge in [0.15, 0.2) is 11.6 Å². The standard InChI is InChI=1S/C28H21FN4O2/c1-33(18-7-3-2-4-8-18)28(34)35-24-12-11-17(15-22(24)29)26-21-16-31-27-25(21)20(13-14-30-27)19-9-5-6-10-23(19)32-26/h2-16,26,32H,1H3,(H,30,31). The number of carbonyl (C=O) groups excluding carboxylic acids is 1. The van der Waals surface area contributed by atoms with Crippen molar-refractivity contribution >= 4 is 28.5 Å². The summed E-state index contributed by atoms with van der Waals surface area (Å²) in [7, 11) is 1.58. The van der Waals surface area contributed by atoms with Crippen LogP contribution in [0.25, 0.3) is 22.2 Å². The molecular weight excluding hydrogens is 443 g/mol. The number of rotatable bonds is 3. The SMILES string of the molecule is CN(C(=O)Oc1ccc(C2Nc3ccccc3-c3ccnc4[nH]cc2c34)cc1F)c1ccccc1. The van der Waals surface area contributed by atoms with Crippen molar-refractivity contribution in [1.29, 1.82) is 0 Å². The third-order valence-electron chi connectivity index (χ3n) is 6.34. The number of para-hydroxylation sites is 2. The van der Waals surface area contributed by atoms with Crippen molar-refractivity contribution in [2.75, 3.05) is 17.3 Å². The van der Waals surface area contributed by atoms with E-state index in [2.05, 4.69) is 21.4 Å². The highest BCUT2D eigenvalue weighted by molar-refractivity contribution is 6.01. The molecule has 0 spiro atoms. The van der Waals surface area contributed by atoms with E-state index in [4.69, 9.17) is 4.74 Å². The third-order valence-corrected chi connectivity index (χ3v) is 6.34. The minimum Gasteiger partial charge on any atom is -0.407 e. The number of aromatic amines is 1. The molecular formula is C28H21FN4O2. The van der Waals surface area contributed by atoms with E-state index in [1.807, 2.05) is 48.7 Å². The maximum Gasteiger partial charge on any atom is 0.419 e. The average Bonchev–Trinajstić information content (AvgIpc) is 3.26. The molecule has 1 aliphatic heterocycles. The van der Waals surface area contributed by atoms with Crippen LogP contribution in [-0.4, -0.2) is 23.1 Å². The number of ether oxygens (including phenoxy) is 1. The highest BCUT2D eigenvalue weighted by atomic mass is 19.1. The second-order valence-electron chi connectivity index (χ2n) is 8.40. The summed E-state index contributed by atoms with van der Waals surface area (Å²) < 4.78 is 20.6. The van der Waals surface area contributed by atoms with E-state index in [-0.39, 0.29) is 11.8 Å². The summed E-state index contributed by atoms with van der Waals surface area (Å²) in [4.78, 5) is 21.6. The van der Waals surface area contributed by atoms with Crippen LogP contribution in [0.1, 0.15) is 17.2 Å². The van der Waals surface area contributed by atoms with Crippen molar-refractivity contribution in [3.8, 4) is 16.9 Å². The van der Waals surface area contributed by atoms with Crippen molar-refractivity contribution in [3.63, 3.8) is 0 Å². The van der Waals surface area contributed by atoms with Gasteiger partial charge in [-0.15, -0.1) is 0 Å². The predicted octanol–water partition coefficient (Wildman–Crippen LogP) is 6.52. The number of hydrogen-bond acceptors (Lipinski definition) is 4. The van der Waals surface area contributed by atoms with Gasteiger partial charge in [0.1, 0.15) is 5.65 Å². The first-order chi connectivity index (χ1) is 17.1. The summed E-state index contributed by atoms with van der Waals surface area (Å²) in [6.07, 6.45) is 3.02. The smallest absolute Gasteiger partial charge is 0.407 e. The molecule has 1 unspecified atom stereocenters. The number of aromatic nitrogens is 2. The number of halogens is 1. The lowest BCUT2D eigenvalue weighted by molar-refractivity contribution is 0.207. The van der Waals surface area contributed by atoms with E-state index >= 15 is 4.39 Å². The number of hydrogen-bond donors (Lipinski definition) is 2. The lowest BCUT2D eigenvalue weighted by Crippen LogP contribution is -2.29. The Morgan fingerprint density at radius 1 is 1.00 bits per heavy atom. The van der Waals surface area contributed by atoms with E-state index in [1.165, 1.54) is 17.0 Å². The monoisotopic (exact) mass is 464 g/mol. The predicted molar refractivity (Wildman–Crippen MR) is 134 cm³/mol. The van der Waals surface area contributed by atoms with Gasteiger partial charge in [-0.2, -0.15) is 0 Å². The van der Waals surface area contributed by atoms with Crippen molar-refractivity contribution in [3.05, 3.63) is 108 Å². The Labute approximate surface area is 201 Å². The Kier molecular flexibility index (Phi) is 4.95. The Bertz CT molecular complexity index is 1560. The molecule has 0 bridgehead atoms. The topological polar surface area (TPSA) is 70.2 Å². The summed E-state index contributed by atoms with van der Waals surface area (Å²) in [5.41, 5.74) is 6.15. The normalized spacial score (nSPS) is 14.1. The van der Waals surface area contributed by atoms with E-state index < -0.39 is 11.9 Å². The summed E-state index contributed by atoms with van der Waals surface area (Å²) in [6, 6.07) is 23.4. The maximum absolute atomic E-state index is 15.2. The van der Waals surface area contributed by atoms with Gasteiger partial charge in [0.05, 0.1) is 6.04 Å². The third kappa shape index (κ3) is 3.58. The number of H-pyrrole nitrogens is 1. The van der Waals surface area contributed by atoms with Crippen LogP contribution in [0.3, 0.4) is 0 Å². The van der Waals surface area contributed by atoms with Gasteiger partial charge in [-0.05, 0) is 47.5 Å². The molecule has 3 aromatic carbocycles. The van der Waals surface area contributed by atoms with Crippen molar-refractivity contribution in [1.82, 2.24) is 9.97 Å². The average molecular weight is 465 g/mol. The molecule has 1 atom stereocenters. The molecule has 0 aliphatic carbocycles. The molecule has 35 heavy (non-hydrogen) atoms. The number of nitrogens with zero attached hydrogens (tertiary/aromatic N) is 2. The van der Waals surface area contributed by atoms with Crippen LogP contribution in [0.5, 0.6) is 5.75 Å². The highest BCUT2D eigenvalue weighted by Crippen LogP contribution is 2.43. The summed E-state index contributed by atoms with van der Waals surface area (Å²) in [5, 5.41) is 4.56. The van der Waals surface area contributed by atoms with Gasteiger partial charge in [-0.25, -0.2) is 14.2 Å². The second kappa shape index (κ2) is 8.29. The largest absolute Gasteiger partial charge is 0.419 e. The lowest BCUT2D eigenvalue weighted by atomic mass is 9.97. The molecule has 2 aromatic heterocycles. The first-order valence-electron chi connectivity index (χ1n) is 11.2. The molecule has 1 aliphatic rings. The summed E-state index contributed by atoms with van der Waals surface area (Å²) in [6.45, 7) is 0. The van der Waals surface area contributed by atoms with E-state index in [0.717, 1.165) is 33.4 Å².